The largest absolute Gasteiger partial charge is 0.472 e. The highest BCUT2D eigenvalue weighted by molar-refractivity contribution is 5.86. The molecule has 6 heteroatoms. The fraction of sp³-hybridized carbons (Fsp3) is 0.600. The van der Waals surface area contributed by atoms with E-state index in [0.717, 1.165) is 5.56 Å². The van der Waals surface area contributed by atoms with Gasteiger partial charge in [-0.1, -0.05) is 13.8 Å². The van der Waals surface area contributed by atoms with E-state index >= 15 is 0 Å². The van der Waals surface area contributed by atoms with Crippen LogP contribution in [0.1, 0.15) is 44.8 Å². The van der Waals surface area contributed by atoms with E-state index in [9.17, 15) is 14.7 Å². The third kappa shape index (κ3) is 1.71. The number of cyclic esters (lactones) is 1. The number of hydrogen-bond acceptors (Lipinski definition) is 6. The molecule has 26 heavy (non-hydrogen) atoms. The Labute approximate surface area is 151 Å². The van der Waals surface area contributed by atoms with Crippen molar-refractivity contribution in [1.82, 2.24) is 0 Å². The molecule has 2 bridgehead atoms. The number of fused-ring (bicyclic) bond motifs is 2. The Balaban J connectivity index is 1.61. The summed E-state index contributed by atoms with van der Waals surface area (Å²) in [5.41, 5.74) is -1.91. The van der Waals surface area contributed by atoms with Crippen molar-refractivity contribution in [3.63, 3.8) is 0 Å². The maximum absolute atomic E-state index is 12.8. The zero-order chi connectivity index (χ0) is 18.3. The Hall–Kier alpha value is -2.08. The molecule has 7 atom stereocenters. The van der Waals surface area contributed by atoms with E-state index in [1.807, 2.05) is 13.0 Å². The zero-order valence-electron chi connectivity index (χ0n) is 14.8. The standard InChI is InChI=1S/C20H22O6/c1-18-9-14(11-5-8-24-10-11)25-16(21)12(18)3-6-19(2)15(18)13-4-7-20(19,23)17(22)26-13/h4-5,7-8,10,12-15,23H,3,6,9H2,1-2H3/t12-,13+,14-,15?,18+,19+,20-/m0/s1. The van der Waals surface area contributed by atoms with Crippen molar-refractivity contribution in [2.45, 2.75) is 50.9 Å². The Kier molecular flexibility index (Phi) is 2.97. The number of aliphatic hydroxyl groups is 1. The van der Waals surface area contributed by atoms with Crippen LogP contribution in [0.2, 0.25) is 0 Å². The predicted molar refractivity (Wildman–Crippen MR) is 88.6 cm³/mol. The first-order valence-electron chi connectivity index (χ1n) is 9.15. The minimum absolute atomic E-state index is 0.149. The molecule has 2 aliphatic carbocycles. The van der Waals surface area contributed by atoms with Crippen LogP contribution in [0.15, 0.2) is 35.2 Å². The Morgan fingerprint density at radius 1 is 1.23 bits per heavy atom. The normalized spacial score (nSPS) is 49.2. The van der Waals surface area contributed by atoms with Gasteiger partial charge in [0.25, 0.3) is 0 Å². The SMILES string of the molecule is C[C@@]12C[C@@H](c3ccoc3)OC(=O)[C@@H]1CC[C@]1(C)C2[C@H]2C=C[C@]1(O)C(=O)O2. The van der Waals surface area contributed by atoms with E-state index in [0.29, 0.717) is 19.3 Å². The van der Waals surface area contributed by atoms with Crippen LogP contribution in [-0.2, 0) is 19.1 Å². The van der Waals surface area contributed by atoms with Crippen LogP contribution in [0, 0.1) is 22.7 Å². The van der Waals surface area contributed by atoms with Crippen LogP contribution in [0.4, 0.5) is 0 Å². The van der Waals surface area contributed by atoms with Gasteiger partial charge >= 0.3 is 11.9 Å². The molecule has 3 fully saturated rings. The number of carbonyl (C=O) groups is 2. The van der Waals surface area contributed by atoms with E-state index in [1.165, 1.54) is 0 Å². The van der Waals surface area contributed by atoms with Gasteiger partial charge in [-0.15, -0.1) is 0 Å². The van der Waals surface area contributed by atoms with Crippen molar-refractivity contribution >= 4 is 11.9 Å². The second-order valence-electron chi connectivity index (χ2n) is 8.67. The molecule has 1 saturated carbocycles. The Bertz CT molecular complexity index is 812. The third-order valence-corrected chi connectivity index (χ3v) is 7.51. The minimum atomic E-state index is -1.63. The van der Waals surface area contributed by atoms with Crippen molar-refractivity contribution in [2.24, 2.45) is 22.7 Å². The molecule has 138 valence electrons. The molecule has 6 nitrogen and oxygen atoms in total. The minimum Gasteiger partial charge on any atom is -0.472 e. The summed E-state index contributed by atoms with van der Waals surface area (Å²) in [6.07, 6.45) is 7.52. The smallest absolute Gasteiger partial charge is 0.343 e. The van der Waals surface area contributed by atoms with E-state index in [4.69, 9.17) is 13.9 Å². The highest BCUT2D eigenvalue weighted by Crippen LogP contribution is 2.67. The summed E-state index contributed by atoms with van der Waals surface area (Å²) < 4.78 is 16.4. The molecule has 4 heterocycles. The van der Waals surface area contributed by atoms with Gasteiger partial charge in [-0.2, -0.15) is 0 Å². The summed E-state index contributed by atoms with van der Waals surface area (Å²) in [4.78, 5) is 25.2. The molecule has 0 aromatic carbocycles. The molecule has 1 N–H and O–H groups in total. The van der Waals surface area contributed by atoms with Crippen molar-refractivity contribution < 1.29 is 28.6 Å². The quantitative estimate of drug-likeness (QED) is 0.613. The zero-order valence-corrected chi connectivity index (χ0v) is 14.8. The molecule has 6 rings (SSSR count). The first-order valence-corrected chi connectivity index (χ1v) is 9.15. The molecule has 1 unspecified atom stereocenters. The topological polar surface area (TPSA) is 86.0 Å². The number of furan rings is 1. The average molecular weight is 358 g/mol. The van der Waals surface area contributed by atoms with Gasteiger partial charge in [-0.3, -0.25) is 4.79 Å². The number of hydrogen-bond donors (Lipinski definition) is 1. The van der Waals surface area contributed by atoms with E-state index < -0.39 is 28.5 Å². The lowest BCUT2D eigenvalue weighted by Crippen LogP contribution is -2.72. The summed E-state index contributed by atoms with van der Waals surface area (Å²) in [7, 11) is 0. The first-order chi connectivity index (χ1) is 12.3. The van der Waals surface area contributed by atoms with Gasteiger partial charge in [0.2, 0.25) is 0 Å². The number of carbonyl (C=O) groups excluding carboxylic acids is 2. The van der Waals surface area contributed by atoms with Crippen LogP contribution in [0.25, 0.3) is 0 Å². The number of rotatable bonds is 1. The molecule has 0 radical (unpaired) electrons. The van der Waals surface area contributed by atoms with Crippen molar-refractivity contribution in [1.29, 1.82) is 0 Å². The Morgan fingerprint density at radius 3 is 2.73 bits per heavy atom. The maximum atomic E-state index is 12.8. The summed E-state index contributed by atoms with van der Waals surface area (Å²) in [5, 5.41) is 11.2. The Morgan fingerprint density at radius 2 is 2.04 bits per heavy atom. The first kappa shape index (κ1) is 16.1. The van der Waals surface area contributed by atoms with Gasteiger partial charge in [0.1, 0.15) is 12.2 Å². The molecular weight excluding hydrogens is 336 g/mol. The summed E-state index contributed by atoms with van der Waals surface area (Å²) in [5.74, 6) is -1.20. The van der Waals surface area contributed by atoms with Crippen molar-refractivity contribution in [3.8, 4) is 0 Å². The van der Waals surface area contributed by atoms with Crippen molar-refractivity contribution in [3.05, 3.63) is 36.3 Å². The molecule has 1 aromatic heterocycles. The van der Waals surface area contributed by atoms with E-state index in [2.05, 4.69) is 6.92 Å². The maximum Gasteiger partial charge on any atom is 0.343 e. The number of ether oxygens (including phenoxy) is 2. The van der Waals surface area contributed by atoms with Gasteiger partial charge < -0.3 is 19.0 Å². The molecule has 3 aliphatic heterocycles. The van der Waals surface area contributed by atoms with Gasteiger partial charge in [-0.05, 0) is 42.9 Å². The highest BCUT2D eigenvalue weighted by atomic mass is 16.6. The van der Waals surface area contributed by atoms with E-state index in [1.54, 1.807) is 24.7 Å². The summed E-state index contributed by atoms with van der Waals surface area (Å²) in [6, 6.07) is 1.81. The molecule has 0 amide bonds. The van der Waals surface area contributed by atoms with Crippen LogP contribution in [0.3, 0.4) is 0 Å². The lowest BCUT2D eigenvalue weighted by atomic mass is 9.42. The fourth-order valence-corrected chi connectivity index (χ4v) is 6.16. The van der Waals surface area contributed by atoms with Gasteiger partial charge in [-0.25, -0.2) is 4.79 Å². The molecule has 0 spiro atoms. The molecule has 1 aromatic rings. The third-order valence-electron chi connectivity index (χ3n) is 7.51. The van der Waals surface area contributed by atoms with E-state index in [-0.39, 0.29) is 23.9 Å². The van der Waals surface area contributed by atoms with Crippen LogP contribution >= 0.6 is 0 Å². The molecule has 2 saturated heterocycles. The average Bonchev–Trinajstić information content (AvgIpc) is 3.10. The van der Waals surface area contributed by atoms with Gasteiger partial charge in [0, 0.05) is 16.9 Å². The molecular formula is C20H22O6. The molecule has 5 aliphatic rings. The van der Waals surface area contributed by atoms with Gasteiger partial charge in [0.15, 0.2) is 5.60 Å². The predicted octanol–water partition coefficient (Wildman–Crippen LogP) is 2.53. The van der Waals surface area contributed by atoms with Crippen LogP contribution in [-0.4, -0.2) is 28.8 Å². The van der Waals surface area contributed by atoms with Crippen molar-refractivity contribution in [2.75, 3.05) is 0 Å². The lowest BCUT2D eigenvalue weighted by molar-refractivity contribution is -0.259. The second kappa shape index (κ2) is 4.80. The summed E-state index contributed by atoms with van der Waals surface area (Å²) >= 11 is 0. The highest BCUT2D eigenvalue weighted by Gasteiger charge is 2.72. The van der Waals surface area contributed by atoms with Crippen LogP contribution < -0.4 is 0 Å². The summed E-state index contributed by atoms with van der Waals surface area (Å²) in [6.45, 7) is 4.04. The monoisotopic (exact) mass is 358 g/mol. The number of esters is 2. The van der Waals surface area contributed by atoms with Crippen LogP contribution in [0.5, 0.6) is 0 Å². The van der Waals surface area contributed by atoms with Gasteiger partial charge in [0.05, 0.1) is 18.4 Å². The fourth-order valence-electron chi connectivity index (χ4n) is 6.16. The lowest BCUT2D eigenvalue weighted by Gasteiger charge is -2.65. The second-order valence-corrected chi connectivity index (χ2v) is 8.67.